The SMILES string of the molecule is COc1cccc(C(F)(F)S(=O)(=O)OF)c1[Si](C)(C)C. The smallest absolute Gasteiger partial charge is 0.397 e. The maximum atomic E-state index is 14.1. The molecule has 0 spiro atoms. The number of rotatable bonds is 5. The Bertz CT molecular complexity index is 596. The van der Waals surface area contributed by atoms with Gasteiger partial charge in [0.15, 0.2) is 0 Å². The Morgan fingerprint density at radius 1 is 1.20 bits per heavy atom. The molecule has 0 aromatic heterocycles. The van der Waals surface area contributed by atoms with Crippen molar-refractivity contribution < 1.29 is 30.8 Å². The molecule has 0 unspecified atom stereocenters. The van der Waals surface area contributed by atoms with E-state index in [9.17, 15) is 21.7 Å². The van der Waals surface area contributed by atoms with Gasteiger partial charge in [0.05, 0.1) is 15.2 Å². The molecule has 4 nitrogen and oxygen atoms in total. The summed E-state index contributed by atoms with van der Waals surface area (Å²) in [7, 11) is -6.79. The van der Waals surface area contributed by atoms with Crippen molar-refractivity contribution in [1.29, 1.82) is 0 Å². The number of halogens is 3. The first-order valence-corrected chi connectivity index (χ1v) is 10.5. The summed E-state index contributed by atoms with van der Waals surface area (Å²) in [5.74, 6) is 0.149. The minimum absolute atomic E-state index is 0.105. The van der Waals surface area contributed by atoms with Crippen molar-refractivity contribution in [3.05, 3.63) is 23.8 Å². The van der Waals surface area contributed by atoms with Crippen LogP contribution < -0.4 is 9.92 Å². The molecule has 1 aromatic carbocycles. The van der Waals surface area contributed by atoms with Gasteiger partial charge in [-0.1, -0.05) is 36.2 Å². The Morgan fingerprint density at radius 3 is 2.15 bits per heavy atom. The van der Waals surface area contributed by atoms with E-state index in [0.717, 1.165) is 6.07 Å². The lowest BCUT2D eigenvalue weighted by Crippen LogP contribution is -2.45. The summed E-state index contributed by atoms with van der Waals surface area (Å²) in [6.45, 7) is 5.23. The minimum Gasteiger partial charge on any atom is -0.497 e. The molecule has 0 saturated carbocycles. The van der Waals surface area contributed by atoms with Crippen LogP contribution in [-0.4, -0.2) is 23.6 Å². The maximum Gasteiger partial charge on any atom is 0.397 e. The fourth-order valence-electron chi connectivity index (χ4n) is 1.89. The second kappa shape index (κ2) is 5.38. The first-order valence-electron chi connectivity index (χ1n) is 5.59. The van der Waals surface area contributed by atoms with Crippen molar-refractivity contribution in [3.8, 4) is 5.75 Å². The van der Waals surface area contributed by atoms with Crippen molar-refractivity contribution in [3.63, 3.8) is 0 Å². The number of methoxy groups -OCH3 is 1. The first-order chi connectivity index (χ1) is 8.99. The lowest BCUT2D eigenvalue weighted by atomic mass is 10.2. The lowest BCUT2D eigenvalue weighted by molar-refractivity contribution is -0.0287. The molecule has 0 aliphatic heterocycles. The lowest BCUT2D eigenvalue weighted by Gasteiger charge is -2.26. The second-order valence-corrected chi connectivity index (χ2v) is 11.7. The summed E-state index contributed by atoms with van der Waals surface area (Å²) in [6.07, 6.45) is 0. The quantitative estimate of drug-likeness (QED) is 0.780. The number of benzene rings is 1. The van der Waals surface area contributed by atoms with E-state index < -0.39 is 29.0 Å². The van der Waals surface area contributed by atoms with E-state index in [1.165, 1.54) is 19.2 Å². The largest absolute Gasteiger partial charge is 0.497 e. The summed E-state index contributed by atoms with van der Waals surface area (Å²) in [5.41, 5.74) is -0.811. The molecule has 20 heavy (non-hydrogen) atoms. The molecule has 1 rings (SSSR count). The van der Waals surface area contributed by atoms with Crippen molar-refractivity contribution in [1.82, 2.24) is 0 Å². The Morgan fingerprint density at radius 2 is 1.75 bits per heavy atom. The van der Waals surface area contributed by atoms with Crippen LogP contribution in [0.4, 0.5) is 13.3 Å². The summed E-state index contributed by atoms with van der Waals surface area (Å²) >= 11 is 0. The average Bonchev–Trinajstić information content (AvgIpc) is 2.36. The topological polar surface area (TPSA) is 52.6 Å². The van der Waals surface area contributed by atoms with Gasteiger partial charge >= 0.3 is 15.4 Å². The third kappa shape index (κ3) is 2.84. The molecule has 0 N–H and O–H groups in total. The Hall–Kier alpha value is -1.06. The van der Waals surface area contributed by atoms with E-state index in [-0.39, 0.29) is 10.9 Å². The molecule has 0 bridgehead atoms. The van der Waals surface area contributed by atoms with Crippen LogP contribution in [-0.2, 0) is 19.8 Å². The molecule has 0 saturated heterocycles. The molecule has 0 atom stereocenters. The van der Waals surface area contributed by atoms with Gasteiger partial charge in [0.2, 0.25) is 0 Å². The van der Waals surface area contributed by atoms with Crippen LogP contribution in [0.3, 0.4) is 0 Å². The van der Waals surface area contributed by atoms with Crippen LogP contribution in [0, 0.1) is 0 Å². The predicted octanol–water partition coefficient (Wildman–Crippen LogP) is 2.52. The molecule has 0 fully saturated rings. The van der Waals surface area contributed by atoms with Crippen LogP contribution in [0.1, 0.15) is 5.56 Å². The van der Waals surface area contributed by atoms with E-state index in [4.69, 9.17) is 4.74 Å². The van der Waals surface area contributed by atoms with Crippen molar-refractivity contribution in [2.45, 2.75) is 24.9 Å². The van der Waals surface area contributed by atoms with Crippen LogP contribution in [0.2, 0.25) is 19.6 Å². The van der Waals surface area contributed by atoms with E-state index in [0.29, 0.717) is 0 Å². The zero-order valence-corrected chi connectivity index (χ0v) is 13.2. The standard InChI is InChI=1S/C11H15F3O4SSi/c1-17-9-7-5-6-8(10(9)20(2,3)4)11(12,13)19(15,16)18-14/h5-7H,1-4H3. The summed E-state index contributed by atoms with van der Waals surface area (Å²) in [5, 5.41) is -4.39. The average molecular weight is 328 g/mol. The fourth-order valence-corrected chi connectivity index (χ4v) is 4.47. The number of hydrogen-bond acceptors (Lipinski definition) is 4. The summed E-state index contributed by atoms with van der Waals surface area (Å²) in [4.78, 5) is 0. The third-order valence-electron chi connectivity index (χ3n) is 2.71. The van der Waals surface area contributed by atoms with Gasteiger partial charge in [-0.15, -0.1) is 0 Å². The van der Waals surface area contributed by atoms with E-state index in [1.807, 2.05) is 0 Å². The highest BCUT2D eigenvalue weighted by Gasteiger charge is 2.52. The van der Waals surface area contributed by atoms with Crippen LogP contribution >= 0.6 is 0 Å². The van der Waals surface area contributed by atoms with Gasteiger partial charge in [-0.05, 0) is 15.8 Å². The summed E-state index contributed by atoms with van der Waals surface area (Å²) in [6, 6.07) is 3.61. The van der Waals surface area contributed by atoms with Crippen LogP contribution in [0.25, 0.3) is 0 Å². The van der Waals surface area contributed by atoms with Gasteiger partial charge in [0, 0.05) is 5.56 Å². The molecule has 0 aliphatic carbocycles. The normalized spacial score (nSPS) is 13.3. The fraction of sp³-hybridized carbons (Fsp3) is 0.455. The van der Waals surface area contributed by atoms with Crippen molar-refractivity contribution in [2.24, 2.45) is 0 Å². The Labute approximate surface area is 116 Å². The third-order valence-corrected chi connectivity index (χ3v) is 5.74. The predicted molar refractivity (Wildman–Crippen MR) is 71.0 cm³/mol. The highest BCUT2D eigenvalue weighted by molar-refractivity contribution is 7.87. The highest BCUT2D eigenvalue weighted by atomic mass is 32.2. The number of ether oxygens (including phenoxy) is 1. The van der Waals surface area contributed by atoms with Crippen LogP contribution in [0.15, 0.2) is 18.2 Å². The molecule has 1 aromatic rings. The molecule has 0 aliphatic rings. The molecule has 0 radical (unpaired) electrons. The van der Waals surface area contributed by atoms with E-state index in [2.05, 4.69) is 4.39 Å². The van der Waals surface area contributed by atoms with Crippen molar-refractivity contribution in [2.75, 3.05) is 7.11 Å². The van der Waals surface area contributed by atoms with Gasteiger partial charge in [-0.3, -0.25) is 0 Å². The van der Waals surface area contributed by atoms with E-state index >= 15 is 0 Å². The zero-order chi connectivity index (χ0) is 15.8. The molecular weight excluding hydrogens is 313 g/mol. The van der Waals surface area contributed by atoms with Crippen molar-refractivity contribution >= 4 is 23.4 Å². The van der Waals surface area contributed by atoms with Gasteiger partial charge in [0.25, 0.3) is 0 Å². The Balaban J connectivity index is 3.71. The first kappa shape index (κ1) is 17.0. The van der Waals surface area contributed by atoms with Gasteiger partial charge in [-0.2, -0.15) is 17.2 Å². The van der Waals surface area contributed by atoms with E-state index in [1.54, 1.807) is 19.6 Å². The Kier molecular flexibility index (Phi) is 4.57. The van der Waals surface area contributed by atoms with Gasteiger partial charge in [-0.25, -0.2) is 0 Å². The molecule has 9 heteroatoms. The molecule has 0 amide bonds. The molecule has 0 heterocycles. The van der Waals surface area contributed by atoms with Gasteiger partial charge < -0.3 is 4.74 Å². The van der Waals surface area contributed by atoms with Crippen LogP contribution in [0.5, 0.6) is 5.75 Å². The highest BCUT2D eigenvalue weighted by Crippen LogP contribution is 2.37. The molecule has 114 valence electrons. The minimum atomic E-state index is -5.69. The maximum absolute atomic E-state index is 14.1. The second-order valence-electron chi connectivity index (χ2n) is 5.17. The number of hydrogen-bond donors (Lipinski definition) is 0. The number of alkyl halides is 2. The van der Waals surface area contributed by atoms with Gasteiger partial charge in [0.1, 0.15) is 5.75 Å². The monoisotopic (exact) mass is 328 g/mol. The molecular formula is C11H15F3O4SSi. The summed E-state index contributed by atoms with van der Waals surface area (Å²) < 4.78 is 69.9. The zero-order valence-electron chi connectivity index (χ0n) is 11.4.